The molecule has 7 saturated carbocycles. The Hall–Kier alpha value is 0. The van der Waals surface area contributed by atoms with Crippen molar-refractivity contribution in [2.24, 2.45) is 41.4 Å². The molecular weight excluding hydrogens is 877 g/mol. The van der Waals surface area contributed by atoms with Crippen LogP contribution in [0.25, 0.3) is 0 Å². The number of hydrogen-bond donors (Lipinski definition) is 0. The molecular formula is C73H166. The molecule has 458 valence electrons. The van der Waals surface area contributed by atoms with Gasteiger partial charge in [0.25, 0.3) is 0 Å². The normalized spacial score (nSPS) is 20.6. The van der Waals surface area contributed by atoms with Gasteiger partial charge in [-0.3, -0.25) is 0 Å². The van der Waals surface area contributed by atoms with E-state index in [1.54, 1.807) is 89.9 Å². The predicted molar refractivity (Wildman–Crippen MR) is 358 cm³/mol. The van der Waals surface area contributed by atoms with Crippen molar-refractivity contribution >= 4 is 0 Å². The van der Waals surface area contributed by atoms with E-state index in [4.69, 9.17) is 0 Å². The molecule has 0 nitrogen and oxygen atoms in total. The molecule has 0 amide bonds. The van der Waals surface area contributed by atoms with Gasteiger partial charge in [-0.15, -0.1) is 0 Å². The Bertz CT molecular complexity index is 609. The fourth-order valence-electron chi connectivity index (χ4n) is 9.91. The molecule has 0 spiro atoms. The Morgan fingerprint density at radius 3 is 0.589 bits per heavy atom. The van der Waals surface area contributed by atoms with Crippen LogP contribution in [-0.4, -0.2) is 0 Å². The SMILES string of the molecule is C1CC2CCC1C2.C1CCC(CC2CCCCC2)CC1.C1CCCCC1.CC.CC.CC.CC.CC.CC1CCC(C2CCCCC2)CC1.CCC.CCC.CCC.CCC.CCC.CCC.CCC.CCC. The summed E-state index contributed by atoms with van der Waals surface area (Å²) in [6.45, 7) is 56.4. The summed E-state index contributed by atoms with van der Waals surface area (Å²) in [7, 11) is 0. The second kappa shape index (κ2) is 101. The molecule has 0 aliphatic heterocycles. The highest BCUT2D eigenvalue weighted by molar-refractivity contribution is 4.83. The maximum absolute atomic E-state index is 2.43. The van der Waals surface area contributed by atoms with Crippen LogP contribution >= 0.6 is 0 Å². The maximum Gasteiger partial charge on any atom is -0.0386 e. The molecule has 7 rings (SSSR count). The van der Waals surface area contributed by atoms with Crippen LogP contribution in [0.2, 0.25) is 0 Å². The molecule has 0 saturated heterocycles. The zero-order valence-corrected chi connectivity index (χ0v) is 58.6. The quantitative estimate of drug-likeness (QED) is 0.264. The summed E-state index contributed by atoms with van der Waals surface area (Å²) in [5, 5.41) is 0. The molecule has 0 aromatic carbocycles. The van der Waals surface area contributed by atoms with Gasteiger partial charge in [0, 0.05) is 0 Å². The van der Waals surface area contributed by atoms with Gasteiger partial charge in [-0.2, -0.15) is 0 Å². The van der Waals surface area contributed by atoms with Gasteiger partial charge in [-0.05, 0) is 67.1 Å². The van der Waals surface area contributed by atoms with E-state index in [2.05, 4.69) is 118 Å². The zero-order valence-electron chi connectivity index (χ0n) is 58.6. The molecule has 7 fully saturated rings. The van der Waals surface area contributed by atoms with E-state index in [0.29, 0.717) is 0 Å². The lowest BCUT2D eigenvalue weighted by molar-refractivity contribution is 0.173. The van der Waals surface area contributed by atoms with Crippen molar-refractivity contribution in [2.75, 3.05) is 0 Å². The first-order valence-corrected chi connectivity index (χ1v) is 35.6. The van der Waals surface area contributed by atoms with E-state index in [0.717, 1.165) is 29.6 Å². The average Bonchev–Trinajstić information content (AvgIpc) is 4.11. The minimum atomic E-state index is 1.03. The highest BCUT2D eigenvalue weighted by Gasteiger charge is 2.30. The number of fused-ring (bicyclic) bond motifs is 2. The van der Waals surface area contributed by atoms with Crippen LogP contribution in [0, 0.1) is 41.4 Å². The van der Waals surface area contributed by atoms with E-state index in [1.807, 2.05) is 69.2 Å². The van der Waals surface area contributed by atoms with E-state index in [1.165, 1.54) is 172 Å². The van der Waals surface area contributed by atoms with E-state index >= 15 is 0 Å². The van der Waals surface area contributed by atoms with Crippen LogP contribution < -0.4 is 0 Å². The third-order valence-electron chi connectivity index (χ3n) is 12.6. The van der Waals surface area contributed by atoms with Crippen molar-refractivity contribution in [1.82, 2.24) is 0 Å². The van der Waals surface area contributed by atoms with E-state index < -0.39 is 0 Å². The van der Waals surface area contributed by atoms with Crippen molar-refractivity contribution < 1.29 is 0 Å². The van der Waals surface area contributed by atoms with Crippen molar-refractivity contribution in [3.05, 3.63) is 0 Å². The minimum absolute atomic E-state index is 1.03. The van der Waals surface area contributed by atoms with Crippen molar-refractivity contribution in [3.63, 3.8) is 0 Å². The van der Waals surface area contributed by atoms with Gasteiger partial charge in [0.15, 0.2) is 0 Å². The third-order valence-corrected chi connectivity index (χ3v) is 12.6. The Labute approximate surface area is 476 Å². The van der Waals surface area contributed by atoms with E-state index in [9.17, 15) is 0 Å². The molecule has 0 aromatic heterocycles. The summed E-state index contributed by atoms with van der Waals surface area (Å²) in [5.74, 6) is 7.86. The Kier molecular flexibility index (Phi) is 132. The standard InChI is InChI=1S/2C13H24.C7H12.C6H12.8C3H8.5C2H6/c1-11-7-9-13(10-8-11)12-5-3-2-4-6-12;1-3-7-12(8-4-1)11-13-9-5-2-6-10-13;1-2-7-4-3-6(1)5-7;1-2-4-6-5-3-1;8*1-3-2;5*1-2/h11-13H,2-10H2,1H3;12-13H,1-11H2;6-7H,1-5H2;1-6H2;8*3H2,1-2H3;5*1-2H3. The van der Waals surface area contributed by atoms with Gasteiger partial charge in [-0.1, -0.05) is 412 Å². The minimum Gasteiger partial charge on any atom is -0.0683 e. The second-order valence-electron chi connectivity index (χ2n) is 21.6. The van der Waals surface area contributed by atoms with Gasteiger partial charge < -0.3 is 0 Å². The summed E-state index contributed by atoms with van der Waals surface area (Å²) in [4.78, 5) is 0. The average molecular weight is 1040 g/mol. The lowest BCUT2D eigenvalue weighted by Crippen LogP contribution is -2.22. The molecule has 0 radical (unpaired) electrons. The smallest absolute Gasteiger partial charge is 0.0386 e. The van der Waals surface area contributed by atoms with Gasteiger partial charge in [0.05, 0.1) is 0 Å². The molecule has 7 aliphatic carbocycles. The second-order valence-corrected chi connectivity index (χ2v) is 21.6. The Balaban J connectivity index is -0.0000000769. The van der Waals surface area contributed by atoms with E-state index in [-0.39, 0.29) is 0 Å². The zero-order chi connectivity index (χ0) is 58.6. The van der Waals surface area contributed by atoms with Crippen molar-refractivity contribution in [2.45, 2.75) is 437 Å². The van der Waals surface area contributed by atoms with Gasteiger partial charge in [0.2, 0.25) is 0 Å². The largest absolute Gasteiger partial charge is 0.0683 e. The summed E-state index contributed by atoms with van der Waals surface area (Å²) >= 11 is 0. The summed E-state index contributed by atoms with van der Waals surface area (Å²) in [6, 6.07) is 0. The van der Waals surface area contributed by atoms with Gasteiger partial charge >= 0.3 is 0 Å². The lowest BCUT2D eigenvalue weighted by atomic mass is 9.71. The fraction of sp³-hybridized carbons (Fsp3) is 1.00. The first-order chi connectivity index (χ1) is 35.6. The Morgan fingerprint density at radius 1 is 0.219 bits per heavy atom. The van der Waals surface area contributed by atoms with Crippen LogP contribution in [0.15, 0.2) is 0 Å². The highest BCUT2D eigenvalue weighted by atomic mass is 14.4. The molecule has 2 bridgehead atoms. The summed E-state index contributed by atoms with van der Waals surface area (Å²) < 4.78 is 0. The summed E-state index contributed by atoms with van der Waals surface area (Å²) in [5.41, 5.74) is 0. The molecule has 7 aliphatic rings. The van der Waals surface area contributed by atoms with Crippen LogP contribution in [0.3, 0.4) is 0 Å². The monoisotopic (exact) mass is 1040 g/mol. The van der Waals surface area contributed by atoms with Crippen molar-refractivity contribution in [3.8, 4) is 0 Å². The number of hydrogen-bond acceptors (Lipinski definition) is 0. The lowest BCUT2D eigenvalue weighted by Gasteiger charge is -2.34. The predicted octanol–water partition coefficient (Wildman–Crippen LogP) is 29.9. The van der Waals surface area contributed by atoms with Crippen LogP contribution in [0.5, 0.6) is 0 Å². The summed E-state index contributed by atoms with van der Waals surface area (Å²) in [6.07, 6.45) is 57.5. The van der Waals surface area contributed by atoms with Crippen LogP contribution in [-0.2, 0) is 0 Å². The number of rotatable bonds is 3. The molecule has 0 unspecified atom stereocenters. The van der Waals surface area contributed by atoms with Gasteiger partial charge in [0.1, 0.15) is 0 Å². The molecule has 0 heterocycles. The fourth-order valence-corrected chi connectivity index (χ4v) is 9.91. The molecule has 0 N–H and O–H groups in total. The van der Waals surface area contributed by atoms with Crippen LogP contribution in [0.4, 0.5) is 0 Å². The third kappa shape index (κ3) is 91.8. The Morgan fingerprint density at radius 2 is 0.397 bits per heavy atom. The van der Waals surface area contributed by atoms with Gasteiger partial charge in [-0.25, -0.2) is 0 Å². The molecule has 0 atom stereocenters. The molecule has 73 heavy (non-hydrogen) atoms. The topological polar surface area (TPSA) is 0 Å². The molecule has 0 aromatic rings. The van der Waals surface area contributed by atoms with Crippen molar-refractivity contribution in [1.29, 1.82) is 0 Å². The first-order valence-electron chi connectivity index (χ1n) is 35.6. The molecule has 0 heteroatoms. The maximum atomic E-state index is 2.43. The first kappa shape index (κ1) is 95.3. The highest BCUT2D eigenvalue weighted by Crippen LogP contribution is 2.44. The van der Waals surface area contributed by atoms with Crippen LogP contribution in [0.1, 0.15) is 437 Å².